The van der Waals surface area contributed by atoms with Gasteiger partial charge >= 0.3 is 5.97 Å². The molecule has 0 bridgehead atoms. The van der Waals surface area contributed by atoms with Gasteiger partial charge < -0.3 is 10.0 Å². The quantitative estimate of drug-likeness (QED) is 0.835. The number of aromatic nitrogens is 3. The molecule has 2 heterocycles. The Morgan fingerprint density at radius 2 is 2.30 bits per heavy atom. The average molecular weight is 272 g/mol. The molecule has 0 aromatic carbocycles. The summed E-state index contributed by atoms with van der Waals surface area (Å²) in [5.74, 6) is 1.56. The zero-order chi connectivity index (χ0) is 14.7. The summed E-state index contributed by atoms with van der Waals surface area (Å²) >= 11 is 0. The summed E-state index contributed by atoms with van der Waals surface area (Å²) < 4.78 is 1.62. The topological polar surface area (TPSA) is 71.2 Å². The fourth-order valence-corrected chi connectivity index (χ4v) is 2.23. The lowest BCUT2D eigenvalue weighted by Gasteiger charge is -2.24. The van der Waals surface area contributed by atoms with Crippen molar-refractivity contribution in [2.45, 2.75) is 13.3 Å². The van der Waals surface area contributed by atoms with Gasteiger partial charge in [0, 0.05) is 19.8 Å². The lowest BCUT2D eigenvalue weighted by atomic mass is 10.1. The molecule has 0 unspecified atom stereocenters. The maximum atomic E-state index is 11.4. The van der Waals surface area contributed by atoms with Gasteiger partial charge in [0.25, 0.3) is 0 Å². The Hall–Kier alpha value is -2.55. The van der Waals surface area contributed by atoms with E-state index in [1.54, 1.807) is 17.9 Å². The van der Waals surface area contributed by atoms with E-state index in [9.17, 15) is 9.90 Å². The molecule has 6 heteroatoms. The highest BCUT2D eigenvalue weighted by Crippen LogP contribution is 2.29. The molecule has 0 radical (unpaired) electrons. The number of carboxylic acid groups (broad SMARTS) is 1. The van der Waals surface area contributed by atoms with Crippen LogP contribution >= 0.6 is 0 Å². The minimum absolute atomic E-state index is 0.147. The van der Waals surface area contributed by atoms with Crippen molar-refractivity contribution in [1.29, 1.82) is 0 Å². The van der Waals surface area contributed by atoms with E-state index in [1.165, 1.54) is 6.20 Å². The number of aromatic carboxylic acids is 1. The zero-order valence-electron chi connectivity index (χ0n) is 11.5. The van der Waals surface area contributed by atoms with E-state index in [0.717, 1.165) is 6.42 Å². The van der Waals surface area contributed by atoms with Crippen LogP contribution in [-0.4, -0.2) is 38.9 Å². The van der Waals surface area contributed by atoms with E-state index >= 15 is 0 Å². The minimum Gasteiger partial charge on any atom is -0.478 e. The molecule has 0 spiro atoms. The van der Waals surface area contributed by atoms with Gasteiger partial charge in [0.2, 0.25) is 0 Å². The first kappa shape index (κ1) is 13.9. The van der Waals surface area contributed by atoms with Crippen LogP contribution in [0.25, 0.3) is 11.0 Å². The van der Waals surface area contributed by atoms with E-state index in [0.29, 0.717) is 29.8 Å². The molecule has 0 saturated carbocycles. The highest BCUT2D eigenvalue weighted by atomic mass is 16.4. The minimum atomic E-state index is -1.02. The van der Waals surface area contributed by atoms with Crippen LogP contribution in [0, 0.1) is 12.3 Å². The first-order valence-corrected chi connectivity index (χ1v) is 6.32. The number of nitrogens with zero attached hydrogens (tertiary/aromatic N) is 4. The van der Waals surface area contributed by atoms with Crippen LogP contribution in [0.1, 0.15) is 23.7 Å². The molecule has 20 heavy (non-hydrogen) atoms. The van der Waals surface area contributed by atoms with Crippen molar-refractivity contribution >= 4 is 22.7 Å². The molecular formula is C14H16N4O2. The Kier molecular flexibility index (Phi) is 3.89. The van der Waals surface area contributed by atoms with Crippen LogP contribution in [0.5, 0.6) is 0 Å². The summed E-state index contributed by atoms with van der Waals surface area (Å²) in [6, 6.07) is 0. The predicted molar refractivity (Wildman–Crippen MR) is 76.8 cm³/mol. The third-order valence-electron chi connectivity index (χ3n) is 3.06. The monoisotopic (exact) mass is 272 g/mol. The molecule has 6 nitrogen and oxygen atoms in total. The van der Waals surface area contributed by atoms with E-state index in [1.807, 2.05) is 11.8 Å². The molecule has 2 aromatic heterocycles. The first-order chi connectivity index (χ1) is 9.60. The highest BCUT2D eigenvalue weighted by molar-refractivity contribution is 6.03. The van der Waals surface area contributed by atoms with Gasteiger partial charge in [-0.25, -0.2) is 9.78 Å². The average Bonchev–Trinajstić information content (AvgIpc) is 2.79. The summed E-state index contributed by atoms with van der Waals surface area (Å²) in [7, 11) is 1.77. The summed E-state index contributed by atoms with van der Waals surface area (Å²) in [6.45, 7) is 3.05. The first-order valence-electron chi connectivity index (χ1n) is 6.32. The number of terminal acetylenes is 1. The smallest absolute Gasteiger partial charge is 0.339 e. The van der Waals surface area contributed by atoms with Crippen LogP contribution < -0.4 is 4.90 Å². The Morgan fingerprint density at radius 1 is 1.55 bits per heavy atom. The molecular weight excluding hydrogens is 256 g/mol. The van der Waals surface area contributed by atoms with E-state index in [-0.39, 0.29) is 5.56 Å². The molecule has 104 valence electrons. The summed E-state index contributed by atoms with van der Waals surface area (Å²) in [5, 5.41) is 14.2. The summed E-state index contributed by atoms with van der Waals surface area (Å²) in [4.78, 5) is 17.5. The van der Waals surface area contributed by atoms with Crippen molar-refractivity contribution < 1.29 is 9.90 Å². The molecule has 0 aliphatic carbocycles. The Morgan fingerprint density at radius 3 is 2.90 bits per heavy atom. The molecule has 0 aliphatic heterocycles. The normalized spacial score (nSPS) is 10.4. The largest absolute Gasteiger partial charge is 0.478 e. The lowest BCUT2D eigenvalue weighted by Crippen LogP contribution is -2.26. The number of hydrogen-bond acceptors (Lipinski definition) is 4. The second-order valence-corrected chi connectivity index (χ2v) is 4.46. The number of aryl methyl sites for hydroxylation is 1. The van der Waals surface area contributed by atoms with Crippen LogP contribution in [-0.2, 0) is 7.05 Å². The maximum absolute atomic E-state index is 11.4. The predicted octanol–water partition coefficient (Wildman–Crippen LogP) is 1.52. The van der Waals surface area contributed by atoms with Gasteiger partial charge in [-0.3, -0.25) is 4.68 Å². The number of carbonyl (C=O) groups is 1. The number of carboxylic acids is 1. The molecule has 0 atom stereocenters. The number of rotatable bonds is 5. The lowest BCUT2D eigenvalue weighted by molar-refractivity contribution is 0.0697. The molecule has 2 rings (SSSR count). The van der Waals surface area contributed by atoms with Crippen molar-refractivity contribution in [3.63, 3.8) is 0 Å². The third kappa shape index (κ3) is 2.30. The molecule has 2 aromatic rings. The molecule has 0 aliphatic rings. The van der Waals surface area contributed by atoms with Gasteiger partial charge in [-0.2, -0.15) is 5.10 Å². The second kappa shape index (κ2) is 5.61. The third-order valence-corrected chi connectivity index (χ3v) is 3.06. The molecule has 0 saturated heterocycles. The van der Waals surface area contributed by atoms with Gasteiger partial charge in [0.05, 0.1) is 23.8 Å². The van der Waals surface area contributed by atoms with E-state index in [4.69, 9.17) is 6.42 Å². The Balaban J connectivity index is 2.71. The molecule has 1 N–H and O–H groups in total. The second-order valence-electron chi connectivity index (χ2n) is 4.46. The van der Waals surface area contributed by atoms with Crippen LogP contribution in [0.2, 0.25) is 0 Å². The van der Waals surface area contributed by atoms with Crippen molar-refractivity contribution in [2.75, 3.05) is 18.0 Å². The van der Waals surface area contributed by atoms with E-state index in [2.05, 4.69) is 16.0 Å². The number of hydrogen-bond donors (Lipinski definition) is 1. The summed E-state index contributed by atoms with van der Waals surface area (Å²) in [6.07, 6.45) is 9.25. The van der Waals surface area contributed by atoms with E-state index < -0.39 is 5.97 Å². The Bertz CT molecular complexity index is 684. The van der Waals surface area contributed by atoms with Crippen LogP contribution in [0.3, 0.4) is 0 Å². The maximum Gasteiger partial charge on any atom is 0.339 e. The molecule has 0 amide bonds. The fraction of sp³-hybridized carbons (Fsp3) is 0.357. The van der Waals surface area contributed by atoms with Crippen molar-refractivity contribution in [3.8, 4) is 12.3 Å². The number of anilines is 1. The van der Waals surface area contributed by atoms with Crippen molar-refractivity contribution in [1.82, 2.24) is 14.8 Å². The van der Waals surface area contributed by atoms with Gasteiger partial charge in [0.15, 0.2) is 5.65 Å². The number of fused-ring (bicyclic) bond motifs is 1. The highest BCUT2D eigenvalue weighted by Gasteiger charge is 2.21. The van der Waals surface area contributed by atoms with Crippen LogP contribution in [0.4, 0.5) is 5.69 Å². The number of pyridine rings is 1. The Labute approximate surface area is 117 Å². The van der Waals surface area contributed by atoms with Crippen molar-refractivity contribution in [3.05, 3.63) is 18.0 Å². The summed E-state index contributed by atoms with van der Waals surface area (Å²) in [5.41, 5.74) is 1.38. The zero-order valence-corrected chi connectivity index (χ0v) is 11.5. The molecule has 0 fully saturated rings. The van der Waals surface area contributed by atoms with Gasteiger partial charge in [-0.15, -0.1) is 6.42 Å². The standard InChI is InChI=1S/C14H16N4O2/c1-4-6-18(7-5-2)12-10-9-16-17(3)13(10)15-8-11(12)14(19)20/h1,8-9H,5-7H2,2-3H3,(H,19,20). The van der Waals surface area contributed by atoms with Gasteiger partial charge in [-0.1, -0.05) is 12.8 Å². The van der Waals surface area contributed by atoms with Crippen LogP contribution in [0.15, 0.2) is 12.4 Å². The fourth-order valence-electron chi connectivity index (χ4n) is 2.23. The van der Waals surface area contributed by atoms with Crippen molar-refractivity contribution in [2.24, 2.45) is 7.05 Å². The SMILES string of the molecule is C#CCN(CCC)c1c(C(=O)O)cnc2c1cnn2C. The van der Waals surface area contributed by atoms with Gasteiger partial charge in [0.1, 0.15) is 5.56 Å². The van der Waals surface area contributed by atoms with Gasteiger partial charge in [-0.05, 0) is 6.42 Å².